The van der Waals surface area contributed by atoms with E-state index in [4.69, 9.17) is 5.11 Å². The van der Waals surface area contributed by atoms with Crippen molar-refractivity contribution in [3.8, 4) is 0 Å². The number of hydrogen-bond acceptors (Lipinski definition) is 3. The fourth-order valence-corrected chi connectivity index (χ4v) is 2.09. The smallest absolute Gasteiger partial charge is 0.307 e. The molecule has 5 nitrogen and oxygen atoms in total. The topological polar surface area (TPSA) is 76.4 Å². The van der Waals surface area contributed by atoms with Crippen molar-refractivity contribution in [2.75, 3.05) is 0 Å². The number of carboxylic acids is 1. The first kappa shape index (κ1) is 13.7. The minimum atomic E-state index is -1.04. The first-order chi connectivity index (χ1) is 9.54. The molecule has 1 heterocycles. The SMILES string of the molecule is Cc1cn(C(=O)c2ccccc2)c(C=O)c1CC(=O)O. The second kappa shape index (κ2) is 5.52. The van der Waals surface area contributed by atoms with Crippen LogP contribution in [0, 0.1) is 6.92 Å². The number of aryl methyl sites for hydroxylation is 1. The van der Waals surface area contributed by atoms with E-state index in [0.29, 0.717) is 23.0 Å². The summed E-state index contributed by atoms with van der Waals surface area (Å²) in [7, 11) is 0. The lowest BCUT2D eigenvalue weighted by atomic mass is 10.1. The molecule has 1 aromatic heterocycles. The molecule has 0 saturated heterocycles. The Morgan fingerprint density at radius 2 is 1.90 bits per heavy atom. The Kier molecular flexibility index (Phi) is 3.79. The van der Waals surface area contributed by atoms with E-state index in [9.17, 15) is 14.4 Å². The molecule has 0 amide bonds. The maximum absolute atomic E-state index is 12.3. The van der Waals surface area contributed by atoms with E-state index in [-0.39, 0.29) is 18.0 Å². The van der Waals surface area contributed by atoms with Crippen LogP contribution >= 0.6 is 0 Å². The van der Waals surface area contributed by atoms with Gasteiger partial charge in [-0.3, -0.25) is 19.0 Å². The van der Waals surface area contributed by atoms with E-state index < -0.39 is 5.97 Å². The van der Waals surface area contributed by atoms with E-state index in [1.165, 1.54) is 10.8 Å². The van der Waals surface area contributed by atoms with Crippen LogP contribution in [0.3, 0.4) is 0 Å². The zero-order chi connectivity index (χ0) is 14.7. The largest absolute Gasteiger partial charge is 0.481 e. The van der Waals surface area contributed by atoms with Crippen LogP contribution in [0.5, 0.6) is 0 Å². The highest BCUT2D eigenvalue weighted by molar-refractivity contribution is 5.99. The third-order valence-electron chi connectivity index (χ3n) is 3.05. The number of nitrogens with zero attached hydrogens (tertiary/aromatic N) is 1. The van der Waals surface area contributed by atoms with Crippen molar-refractivity contribution >= 4 is 18.2 Å². The van der Waals surface area contributed by atoms with Gasteiger partial charge in [-0.2, -0.15) is 0 Å². The van der Waals surface area contributed by atoms with Gasteiger partial charge < -0.3 is 5.11 Å². The van der Waals surface area contributed by atoms with Gasteiger partial charge in [-0.15, -0.1) is 0 Å². The van der Waals surface area contributed by atoms with Crippen LogP contribution in [-0.2, 0) is 11.2 Å². The summed E-state index contributed by atoms with van der Waals surface area (Å²) in [6.07, 6.45) is 1.73. The number of aldehydes is 1. The Balaban J connectivity index is 2.50. The number of rotatable bonds is 4. The van der Waals surface area contributed by atoms with Crippen LogP contribution in [0.2, 0.25) is 0 Å². The van der Waals surface area contributed by atoms with Gasteiger partial charge in [0.25, 0.3) is 5.91 Å². The molecule has 0 bridgehead atoms. The molecule has 0 spiro atoms. The van der Waals surface area contributed by atoms with Gasteiger partial charge in [0.2, 0.25) is 0 Å². The van der Waals surface area contributed by atoms with Gasteiger partial charge in [-0.05, 0) is 30.2 Å². The molecule has 0 aliphatic heterocycles. The molecule has 2 aromatic rings. The minimum absolute atomic E-state index is 0.0961. The molecule has 20 heavy (non-hydrogen) atoms. The second-order valence-electron chi connectivity index (χ2n) is 4.41. The van der Waals surface area contributed by atoms with Crippen LogP contribution in [0.1, 0.15) is 32.0 Å². The number of benzene rings is 1. The van der Waals surface area contributed by atoms with Gasteiger partial charge in [-0.25, -0.2) is 0 Å². The third kappa shape index (κ3) is 2.51. The summed E-state index contributed by atoms with van der Waals surface area (Å²) in [6.45, 7) is 1.68. The Morgan fingerprint density at radius 3 is 2.45 bits per heavy atom. The quantitative estimate of drug-likeness (QED) is 0.862. The van der Waals surface area contributed by atoms with Crippen molar-refractivity contribution in [1.82, 2.24) is 4.57 Å². The molecule has 102 valence electrons. The maximum Gasteiger partial charge on any atom is 0.307 e. The molecule has 0 aliphatic rings. The maximum atomic E-state index is 12.3. The zero-order valence-electron chi connectivity index (χ0n) is 10.9. The molecule has 1 N–H and O–H groups in total. The lowest BCUT2D eigenvalue weighted by Gasteiger charge is -2.04. The van der Waals surface area contributed by atoms with Crippen LogP contribution in [0.15, 0.2) is 36.5 Å². The molecule has 5 heteroatoms. The summed E-state index contributed by atoms with van der Waals surface area (Å²) < 4.78 is 1.20. The van der Waals surface area contributed by atoms with Crippen molar-refractivity contribution in [3.63, 3.8) is 0 Å². The van der Waals surface area contributed by atoms with Crippen LogP contribution in [0.25, 0.3) is 0 Å². The summed E-state index contributed by atoms with van der Waals surface area (Å²) in [5.41, 5.74) is 1.52. The van der Waals surface area contributed by atoms with Gasteiger partial charge in [0.05, 0.1) is 12.1 Å². The standard InChI is InChI=1S/C15H13NO4/c1-10-8-16(13(9-17)12(10)7-14(18)19)15(20)11-5-3-2-4-6-11/h2-6,8-9H,7H2,1H3,(H,18,19). The number of aromatic nitrogens is 1. The molecule has 1 aromatic carbocycles. The highest BCUT2D eigenvalue weighted by Gasteiger charge is 2.19. The first-order valence-electron chi connectivity index (χ1n) is 6.02. The Hall–Kier alpha value is -2.69. The minimum Gasteiger partial charge on any atom is -0.481 e. The normalized spacial score (nSPS) is 10.2. The molecule has 2 rings (SSSR count). The van der Waals surface area contributed by atoms with Crippen molar-refractivity contribution in [2.24, 2.45) is 0 Å². The van der Waals surface area contributed by atoms with Crippen molar-refractivity contribution in [3.05, 3.63) is 58.9 Å². The fraction of sp³-hybridized carbons (Fsp3) is 0.133. The summed E-state index contributed by atoms with van der Waals surface area (Å²) in [5, 5.41) is 8.87. The van der Waals surface area contributed by atoms with Crippen molar-refractivity contribution < 1.29 is 19.5 Å². The van der Waals surface area contributed by atoms with E-state index in [1.54, 1.807) is 37.3 Å². The lowest BCUT2D eigenvalue weighted by molar-refractivity contribution is -0.136. The number of aliphatic carboxylic acids is 1. The summed E-state index contributed by atoms with van der Waals surface area (Å²) in [6, 6.07) is 8.52. The van der Waals surface area contributed by atoms with Gasteiger partial charge in [-0.1, -0.05) is 18.2 Å². The summed E-state index contributed by atoms with van der Waals surface area (Å²) >= 11 is 0. The molecular formula is C15H13NO4. The molecule has 0 unspecified atom stereocenters. The zero-order valence-corrected chi connectivity index (χ0v) is 10.9. The number of carboxylic acid groups (broad SMARTS) is 1. The summed E-state index contributed by atoms with van der Waals surface area (Å²) in [4.78, 5) is 34.4. The first-order valence-corrected chi connectivity index (χ1v) is 6.02. The van der Waals surface area contributed by atoms with E-state index in [2.05, 4.69) is 0 Å². The number of carbonyl (C=O) groups excluding carboxylic acids is 2. The second-order valence-corrected chi connectivity index (χ2v) is 4.41. The van der Waals surface area contributed by atoms with Crippen LogP contribution in [0.4, 0.5) is 0 Å². The molecule has 0 atom stereocenters. The Labute approximate surface area is 115 Å². The predicted molar refractivity (Wildman–Crippen MR) is 72.1 cm³/mol. The average Bonchev–Trinajstić information content (AvgIpc) is 2.75. The van der Waals surface area contributed by atoms with E-state index in [0.717, 1.165) is 0 Å². The summed E-state index contributed by atoms with van der Waals surface area (Å²) in [5.74, 6) is -1.39. The molecule has 0 radical (unpaired) electrons. The van der Waals surface area contributed by atoms with Gasteiger partial charge in [0.1, 0.15) is 0 Å². The predicted octanol–water partition coefficient (Wildman–Crippen LogP) is 1.92. The van der Waals surface area contributed by atoms with Gasteiger partial charge >= 0.3 is 5.97 Å². The van der Waals surface area contributed by atoms with Crippen LogP contribution in [-0.4, -0.2) is 27.8 Å². The lowest BCUT2D eigenvalue weighted by Crippen LogP contribution is -2.15. The van der Waals surface area contributed by atoms with Crippen LogP contribution < -0.4 is 0 Å². The number of carbonyl (C=O) groups is 3. The average molecular weight is 271 g/mol. The Morgan fingerprint density at radius 1 is 1.25 bits per heavy atom. The molecular weight excluding hydrogens is 258 g/mol. The molecule has 0 aliphatic carbocycles. The molecule has 0 saturated carbocycles. The molecule has 0 fully saturated rings. The van der Waals surface area contributed by atoms with Gasteiger partial charge in [0.15, 0.2) is 6.29 Å². The van der Waals surface area contributed by atoms with E-state index in [1.807, 2.05) is 0 Å². The highest BCUT2D eigenvalue weighted by Crippen LogP contribution is 2.18. The van der Waals surface area contributed by atoms with E-state index >= 15 is 0 Å². The van der Waals surface area contributed by atoms with Crippen molar-refractivity contribution in [1.29, 1.82) is 0 Å². The third-order valence-corrected chi connectivity index (χ3v) is 3.05. The Bertz CT molecular complexity index is 671. The van der Waals surface area contributed by atoms with Crippen molar-refractivity contribution in [2.45, 2.75) is 13.3 Å². The van der Waals surface area contributed by atoms with Gasteiger partial charge in [0, 0.05) is 11.8 Å². The fourth-order valence-electron chi connectivity index (χ4n) is 2.09. The highest BCUT2D eigenvalue weighted by atomic mass is 16.4. The number of hydrogen-bond donors (Lipinski definition) is 1. The monoisotopic (exact) mass is 271 g/mol.